The molecule has 1 aromatic heterocycles. The van der Waals surface area contributed by atoms with E-state index < -0.39 is 21.9 Å². The van der Waals surface area contributed by atoms with Gasteiger partial charge in [-0.1, -0.05) is 0 Å². The number of aliphatic hydroxyl groups is 1. The average Bonchev–Trinajstić information content (AvgIpc) is 2.75. The molecule has 0 aliphatic carbocycles. The molecule has 3 N–H and O–H groups in total. The number of anilines is 2. The summed E-state index contributed by atoms with van der Waals surface area (Å²) in [4.78, 5) is 13.5. The SMILES string of the molecule is COC(=O)c1sc(N2CCCC(O)C2)c(S(C)(=O)=O)c1N. The molecular weight excluding hydrogens is 316 g/mol. The van der Waals surface area contributed by atoms with Crippen molar-refractivity contribution in [2.24, 2.45) is 0 Å². The van der Waals surface area contributed by atoms with Crippen LogP contribution in [0.5, 0.6) is 0 Å². The van der Waals surface area contributed by atoms with E-state index in [1.807, 2.05) is 0 Å². The van der Waals surface area contributed by atoms with Gasteiger partial charge in [0, 0.05) is 19.3 Å². The van der Waals surface area contributed by atoms with Crippen LogP contribution in [0.4, 0.5) is 10.7 Å². The summed E-state index contributed by atoms with van der Waals surface area (Å²) in [5.74, 6) is -0.661. The van der Waals surface area contributed by atoms with Gasteiger partial charge in [0.1, 0.15) is 14.8 Å². The van der Waals surface area contributed by atoms with E-state index in [1.165, 1.54) is 7.11 Å². The number of hydrogen-bond donors (Lipinski definition) is 2. The molecule has 0 aromatic carbocycles. The number of carbonyl (C=O) groups excluding carboxylic acids is 1. The standard InChI is InChI=1S/C12H18N2O5S2/c1-19-12(16)9-8(13)10(21(2,17)18)11(20-9)14-5-3-4-7(15)6-14/h7,15H,3-6,13H2,1-2H3. The predicted molar refractivity (Wildman–Crippen MR) is 80.6 cm³/mol. The van der Waals surface area contributed by atoms with Gasteiger partial charge in [-0.25, -0.2) is 13.2 Å². The first kappa shape index (κ1) is 16.1. The molecule has 21 heavy (non-hydrogen) atoms. The second-order valence-corrected chi connectivity index (χ2v) is 7.94. The van der Waals surface area contributed by atoms with E-state index >= 15 is 0 Å². The summed E-state index contributed by atoms with van der Waals surface area (Å²) >= 11 is 0.990. The molecule has 1 aliphatic heterocycles. The van der Waals surface area contributed by atoms with E-state index in [-0.39, 0.29) is 15.5 Å². The first-order chi connectivity index (χ1) is 9.75. The molecule has 0 amide bonds. The van der Waals surface area contributed by atoms with Crippen molar-refractivity contribution in [3.63, 3.8) is 0 Å². The summed E-state index contributed by atoms with van der Waals surface area (Å²) in [5, 5.41) is 10.2. The van der Waals surface area contributed by atoms with Crippen molar-refractivity contribution in [2.45, 2.75) is 23.8 Å². The van der Waals surface area contributed by atoms with E-state index in [0.717, 1.165) is 24.0 Å². The molecule has 1 atom stereocenters. The Kier molecular flexibility index (Phi) is 4.45. The molecule has 0 saturated carbocycles. The molecule has 2 heterocycles. The molecule has 0 bridgehead atoms. The number of β-amino-alcohol motifs (C(OH)–C–C–N with tert-alkyl or cyclic N) is 1. The van der Waals surface area contributed by atoms with Gasteiger partial charge in [-0.05, 0) is 12.8 Å². The van der Waals surface area contributed by atoms with Crippen LogP contribution < -0.4 is 10.6 Å². The zero-order valence-electron chi connectivity index (χ0n) is 11.8. The van der Waals surface area contributed by atoms with Crippen LogP contribution in [0.25, 0.3) is 0 Å². The summed E-state index contributed by atoms with van der Waals surface area (Å²) in [6.45, 7) is 0.934. The Hall–Kier alpha value is -1.32. The minimum atomic E-state index is -3.60. The van der Waals surface area contributed by atoms with E-state index in [9.17, 15) is 18.3 Å². The highest BCUT2D eigenvalue weighted by Gasteiger charge is 2.32. The van der Waals surface area contributed by atoms with Crippen LogP contribution >= 0.6 is 11.3 Å². The lowest BCUT2D eigenvalue weighted by Crippen LogP contribution is -2.38. The van der Waals surface area contributed by atoms with Crippen molar-refractivity contribution in [1.82, 2.24) is 0 Å². The lowest BCUT2D eigenvalue weighted by molar-refractivity contribution is 0.0607. The minimum absolute atomic E-state index is 0.0537. The Balaban J connectivity index is 2.56. The number of nitrogens with zero attached hydrogens (tertiary/aromatic N) is 1. The van der Waals surface area contributed by atoms with E-state index in [0.29, 0.717) is 24.5 Å². The minimum Gasteiger partial charge on any atom is -0.465 e. The van der Waals surface area contributed by atoms with Crippen molar-refractivity contribution < 1.29 is 23.1 Å². The van der Waals surface area contributed by atoms with Crippen LogP contribution in [-0.4, -0.2) is 52.1 Å². The molecule has 1 saturated heterocycles. The normalized spacial score (nSPS) is 19.6. The number of nitrogens with two attached hydrogens (primary N) is 1. The van der Waals surface area contributed by atoms with Gasteiger partial charge in [0.2, 0.25) is 0 Å². The number of rotatable bonds is 3. The molecule has 0 radical (unpaired) electrons. The van der Waals surface area contributed by atoms with Gasteiger partial charge in [0.05, 0.1) is 18.9 Å². The number of esters is 1. The number of aliphatic hydroxyl groups excluding tert-OH is 1. The highest BCUT2D eigenvalue weighted by molar-refractivity contribution is 7.91. The highest BCUT2D eigenvalue weighted by Crippen LogP contribution is 2.42. The monoisotopic (exact) mass is 334 g/mol. The Morgan fingerprint density at radius 2 is 2.19 bits per heavy atom. The number of hydrogen-bond acceptors (Lipinski definition) is 8. The molecule has 0 spiro atoms. The molecule has 9 heteroatoms. The number of ether oxygens (including phenoxy) is 1. The van der Waals surface area contributed by atoms with Gasteiger partial charge in [0.15, 0.2) is 9.84 Å². The van der Waals surface area contributed by atoms with Gasteiger partial charge in [-0.15, -0.1) is 11.3 Å². The summed E-state index contributed by atoms with van der Waals surface area (Å²) in [5.41, 5.74) is 5.77. The van der Waals surface area contributed by atoms with E-state index in [1.54, 1.807) is 4.90 Å². The van der Waals surface area contributed by atoms with Crippen molar-refractivity contribution in [1.29, 1.82) is 0 Å². The van der Waals surface area contributed by atoms with Crippen LogP contribution in [0.2, 0.25) is 0 Å². The predicted octanol–water partition coefficient (Wildman–Crippen LogP) is 0.481. The maximum Gasteiger partial charge on any atom is 0.350 e. The van der Waals surface area contributed by atoms with Crippen LogP contribution in [0.1, 0.15) is 22.5 Å². The summed E-state index contributed by atoms with van der Waals surface area (Å²) in [7, 11) is -2.38. The Bertz CT molecular complexity index is 653. The topological polar surface area (TPSA) is 110 Å². The molecule has 118 valence electrons. The second kappa shape index (κ2) is 5.82. The molecule has 2 rings (SSSR count). The lowest BCUT2D eigenvalue weighted by atomic mass is 10.1. The summed E-state index contributed by atoms with van der Waals surface area (Å²) in [6.07, 6.45) is 1.96. The van der Waals surface area contributed by atoms with Crippen molar-refractivity contribution in [2.75, 3.05) is 37.1 Å². The molecular formula is C12H18N2O5S2. The van der Waals surface area contributed by atoms with E-state index in [2.05, 4.69) is 4.74 Å². The second-order valence-electron chi connectivity index (χ2n) is 4.98. The third kappa shape index (κ3) is 3.14. The molecule has 1 fully saturated rings. The highest BCUT2D eigenvalue weighted by atomic mass is 32.2. The quantitative estimate of drug-likeness (QED) is 0.774. The Labute approximate surface area is 127 Å². The number of methoxy groups -OCH3 is 1. The first-order valence-electron chi connectivity index (χ1n) is 6.39. The van der Waals surface area contributed by atoms with Gasteiger partial charge in [-0.2, -0.15) is 0 Å². The number of piperidine rings is 1. The Morgan fingerprint density at radius 1 is 1.52 bits per heavy atom. The molecule has 1 aliphatic rings. The zero-order valence-corrected chi connectivity index (χ0v) is 13.5. The van der Waals surface area contributed by atoms with Crippen molar-refractivity contribution >= 4 is 37.8 Å². The van der Waals surface area contributed by atoms with Crippen molar-refractivity contribution in [3.8, 4) is 0 Å². The number of sulfone groups is 1. The average molecular weight is 334 g/mol. The molecule has 1 unspecified atom stereocenters. The maximum atomic E-state index is 12.0. The van der Waals surface area contributed by atoms with Crippen LogP contribution in [0.15, 0.2) is 4.90 Å². The van der Waals surface area contributed by atoms with Gasteiger partial charge in [-0.3, -0.25) is 0 Å². The molecule has 1 aromatic rings. The third-order valence-corrected chi connectivity index (χ3v) is 5.84. The maximum absolute atomic E-state index is 12.0. The van der Waals surface area contributed by atoms with Crippen LogP contribution in [0.3, 0.4) is 0 Å². The lowest BCUT2D eigenvalue weighted by Gasteiger charge is -2.31. The number of carbonyl (C=O) groups is 1. The zero-order chi connectivity index (χ0) is 15.8. The van der Waals surface area contributed by atoms with Gasteiger partial charge in [0.25, 0.3) is 0 Å². The van der Waals surface area contributed by atoms with Gasteiger partial charge >= 0.3 is 5.97 Å². The Morgan fingerprint density at radius 3 is 2.71 bits per heavy atom. The summed E-state index contributed by atoms with van der Waals surface area (Å²) < 4.78 is 28.7. The fourth-order valence-corrected chi connectivity index (χ4v) is 5.03. The fourth-order valence-electron chi connectivity index (χ4n) is 2.37. The smallest absolute Gasteiger partial charge is 0.350 e. The van der Waals surface area contributed by atoms with Crippen molar-refractivity contribution in [3.05, 3.63) is 4.88 Å². The van der Waals surface area contributed by atoms with Crippen LogP contribution in [0, 0.1) is 0 Å². The molecule has 7 nitrogen and oxygen atoms in total. The van der Waals surface area contributed by atoms with Gasteiger partial charge < -0.3 is 20.5 Å². The van der Waals surface area contributed by atoms with E-state index in [4.69, 9.17) is 5.73 Å². The third-order valence-electron chi connectivity index (χ3n) is 3.31. The first-order valence-corrected chi connectivity index (χ1v) is 9.10. The number of nitrogen functional groups attached to an aromatic ring is 1. The summed E-state index contributed by atoms with van der Waals surface area (Å²) in [6, 6.07) is 0. The van der Waals surface area contributed by atoms with Crippen LogP contribution in [-0.2, 0) is 14.6 Å². The number of thiophene rings is 1. The fraction of sp³-hybridized carbons (Fsp3) is 0.583. The largest absolute Gasteiger partial charge is 0.465 e.